The van der Waals surface area contributed by atoms with E-state index in [0.29, 0.717) is 23.4 Å². The number of methoxy groups -OCH3 is 1. The lowest BCUT2D eigenvalue weighted by molar-refractivity contribution is 0.101. The van der Waals surface area contributed by atoms with Gasteiger partial charge in [0.15, 0.2) is 5.76 Å². The van der Waals surface area contributed by atoms with E-state index in [2.05, 4.69) is 34.1 Å². The summed E-state index contributed by atoms with van der Waals surface area (Å²) in [5.41, 5.74) is 4.10. The van der Waals surface area contributed by atoms with Crippen molar-refractivity contribution in [1.82, 2.24) is 9.80 Å². The Hall–Kier alpha value is -3.61. The molecule has 1 saturated heterocycles. The van der Waals surface area contributed by atoms with Crippen LogP contribution in [0.5, 0.6) is 17.2 Å². The summed E-state index contributed by atoms with van der Waals surface area (Å²) in [7, 11) is 1.62. The highest BCUT2D eigenvalue weighted by molar-refractivity contribution is 6.15. The Morgan fingerprint density at radius 3 is 2.29 bits per heavy atom. The predicted molar refractivity (Wildman–Crippen MR) is 136 cm³/mol. The predicted octanol–water partition coefficient (Wildman–Crippen LogP) is 4.64. The number of carbonyl (C=O) groups excluding carboxylic acids is 1. The largest absolute Gasteiger partial charge is 0.507 e. The number of aryl methyl sites for hydroxylation is 1. The smallest absolute Gasteiger partial charge is 0.232 e. The van der Waals surface area contributed by atoms with Gasteiger partial charge in [-0.15, -0.1) is 0 Å². The zero-order valence-corrected chi connectivity index (χ0v) is 20.2. The van der Waals surface area contributed by atoms with Gasteiger partial charge in [0, 0.05) is 39.3 Å². The number of nitrogens with zero attached hydrogens (tertiary/aromatic N) is 2. The average molecular weight is 471 g/mol. The molecule has 0 atom stereocenters. The Labute approximate surface area is 206 Å². The number of hydrogen-bond donors (Lipinski definition) is 1. The third-order valence-electron chi connectivity index (χ3n) is 6.73. The molecule has 6 heteroatoms. The van der Waals surface area contributed by atoms with Crippen LogP contribution in [0.2, 0.25) is 0 Å². The molecule has 3 aromatic rings. The van der Waals surface area contributed by atoms with Crippen molar-refractivity contribution in [3.8, 4) is 17.2 Å². The number of hydrogen-bond acceptors (Lipinski definition) is 6. The van der Waals surface area contributed by atoms with Gasteiger partial charge in [0.1, 0.15) is 17.2 Å². The van der Waals surface area contributed by atoms with Crippen molar-refractivity contribution in [2.45, 2.75) is 20.0 Å². The van der Waals surface area contributed by atoms with Gasteiger partial charge >= 0.3 is 0 Å². The van der Waals surface area contributed by atoms with Gasteiger partial charge in [-0.3, -0.25) is 14.6 Å². The van der Waals surface area contributed by atoms with Crippen LogP contribution >= 0.6 is 0 Å². The molecular formula is C29H30N2O4. The number of piperazine rings is 1. The highest BCUT2D eigenvalue weighted by Gasteiger charge is 2.34. The van der Waals surface area contributed by atoms with E-state index in [-0.39, 0.29) is 17.3 Å². The van der Waals surface area contributed by atoms with Crippen molar-refractivity contribution in [2.75, 3.05) is 33.3 Å². The lowest BCUT2D eigenvalue weighted by Gasteiger charge is -2.35. The Morgan fingerprint density at radius 1 is 0.971 bits per heavy atom. The maximum Gasteiger partial charge on any atom is 0.232 e. The fourth-order valence-corrected chi connectivity index (χ4v) is 4.76. The summed E-state index contributed by atoms with van der Waals surface area (Å²) >= 11 is 0. The molecule has 6 nitrogen and oxygen atoms in total. The first-order valence-electron chi connectivity index (χ1n) is 11.9. The molecule has 180 valence electrons. The molecule has 0 aliphatic carbocycles. The first-order valence-corrected chi connectivity index (χ1v) is 11.9. The first kappa shape index (κ1) is 23.1. The molecule has 1 N–H and O–H groups in total. The molecule has 2 heterocycles. The van der Waals surface area contributed by atoms with Crippen LogP contribution in [-0.4, -0.2) is 54.0 Å². The van der Waals surface area contributed by atoms with Gasteiger partial charge in [-0.05, 0) is 47.9 Å². The molecule has 5 rings (SSSR count). The van der Waals surface area contributed by atoms with Crippen LogP contribution in [-0.2, 0) is 13.1 Å². The summed E-state index contributed by atoms with van der Waals surface area (Å²) in [6.45, 7) is 6.99. The molecule has 2 aliphatic heterocycles. The van der Waals surface area contributed by atoms with Crippen molar-refractivity contribution >= 4 is 11.9 Å². The third-order valence-corrected chi connectivity index (χ3v) is 6.73. The van der Waals surface area contributed by atoms with Crippen LogP contribution in [0.25, 0.3) is 6.08 Å². The second kappa shape index (κ2) is 9.94. The van der Waals surface area contributed by atoms with Gasteiger partial charge in [0.05, 0.1) is 18.2 Å². The van der Waals surface area contributed by atoms with E-state index in [0.717, 1.165) is 49.6 Å². The zero-order valence-electron chi connectivity index (χ0n) is 20.2. The highest BCUT2D eigenvalue weighted by atomic mass is 16.5. The highest BCUT2D eigenvalue weighted by Crippen LogP contribution is 2.42. The third kappa shape index (κ3) is 4.94. The monoisotopic (exact) mass is 470 g/mol. The van der Waals surface area contributed by atoms with Crippen LogP contribution in [0.3, 0.4) is 0 Å². The maximum absolute atomic E-state index is 13.2. The lowest BCUT2D eigenvalue weighted by atomic mass is 9.99. The van der Waals surface area contributed by atoms with Crippen LogP contribution in [0.15, 0.2) is 66.4 Å². The van der Waals surface area contributed by atoms with Gasteiger partial charge < -0.3 is 14.6 Å². The molecule has 0 spiro atoms. The Balaban J connectivity index is 1.31. The SMILES string of the molecule is COc1ccc(/C=C2\Oc3c(CN4CCN(Cc5ccccc5)CC4)c(O)cc(C)c3C2=O)cc1. The van der Waals surface area contributed by atoms with Gasteiger partial charge in [-0.1, -0.05) is 42.5 Å². The van der Waals surface area contributed by atoms with E-state index in [1.54, 1.807) is 19.3 Å². The Bertz CT molecular complexity index is 1240. The summed E-state index contributed by atoms with van der Waals surface area (Å²) < 4.78 is 11.3. The second-order valence-electron chi connectivity index (χ2n) is 9.15. The van der Waals surface area contributed by atoms with Gasteiger partial charge in [-0.25, -0.2) is 0 Å². The molecule has 3 aromatic carbocycles. The Morgan fingerprint density at radius 2 is 1.63 bits per heavy atom. The number of benzene rings is 3. The quantitative estimate of drug-likeness (QED) is 0.530. The summed E-state index contributed by atoms with van der Waals surface area (Å²) in [6.07, 6.45) is 1.74. The van der Waals surface area contributed by atoms with Crippen molar-refractivity contribution in [1.29, 1.82) is 0 Å². The summed E-state index contributed by atoms with van der Waals surface area (Å²) in [6, 6.07) is 19.6. The van der Waals surface area contributed by atoms with E-state index in [9.17, 15) is 9.90 Å². The number of Topliss-reactive ketones (excluding diaryl/α,β-unsaturated/α-hetero) is 1. The molecule has 0 amide bonds. The molecule has 0 unspecified atom stereocenters. The fourth-order valence-electron chi connectivity index (χ4n) is 4.76. The van der Waals surface area contributed by atoms with E-state index >= 15 is 0 Å². The maximum atomic E-state index is 13.2. The van der Waals surface area contributed by atoms with Gasteiger partial charge in [0.25, 0.3) is 0 Å². The summed E-state index contributed by atoms with van der Waals surface area (Å²) in [5.74, 6) is 1.53. The number of rotatable bonds is 6. The molecule has 2 aliphatic rings. The number of phenolic OH excluding ortho intramolecular Hbond substituents is 1. The van der Waals surface area contributed by atoms with E-state index in [4.69, 9.17) is 9.47 Å². The number of ether oxygens (including phenoxy) is 2. The molecule has 1 fully saturated rings. The van der Waals surface area contributed by atoms with Crippen molar-refractivity contribution in [3.05, 3.63) is 94.2 Å². The molecule has 0 aromatic heterocycles. The van der Waals surface area contributed by atoms with Crippen molar-refractivity contribution in [3.63, 3.8) is 0 Å². The normalized spacial score (nSPS) is 17.4. The number of fused-ring (bicyclic) bond motifs is 1. The Kier molecular flexibility index (Phi) is 6.57. The molecule has 0 radical (unpaired) electrons. The minimum atomic E-state index is -0.151. The summed E-state index contributed by atoms with van der Waals surface area (Å²) in [5, 5.41) is 10.8. The number of aromatic hydroxyl groups is 1. The minimum Gasteiger partial charge on any atom is -0.507 e. The first-order chi connectivity index (χ1) is 17.0. The van der Waals surface area contributed by atoms with Gasteiger partial charge in [-0.2, -0.15) is 0 Å². The summed E-state index contributed by atoms with van der Waals surface area (Å²) in [4.78, 5) is 18.0. The van der Waals surface area contributed by atoms with Crippen LogP contribution in [0.1, 0.15) is 32.6 Å². The number of ketones is 1. The van der Waals surface area contributed by atoms with Gasteiger partial charge in [0.2, 0.25) is 5.78 Å². The number of carbonyl (C=O) groups is 1. The average Bonchev–Trinajstić information content (AvgIpc) is 3.20. The topological polar surface area (TPSA) is 62.2 Å². The second-order valence-corrected chi connectivity index (χ2v) is 9.15. The van der Waals surface area contributed by atoms with Crippen LogP contribution in [0, 0.1) is 6.92 Å². The van der Waals surface area contributed by atoms with E-state index in [1.807, 2.05) is 37.3 Å². The van der Waals surface area contributed by atoms with Crippen LogP contribution < -0.4 is 9.47 Å². The zero-order chi connectivity index (χ0) is 24.4. The number of allylic oxidation sites excluding steroid dienone is 1. The lowest BCUT2D eigenvalue weighted by Crippen LogP contribution is -2.45. The van der Waals surface area contributed by atoms with E-state index < -0.39 is 0 Å². The number of phenols is 1. The standard InChI is InChI=1S/C29H30N2O4/c1-20-16-25(32)24(19-31-14-12-30(13-15-31)18-22-6-4-3-5-7-22)29-27(20)28(33)26(35-29)17-21-8-10-23(34-2)11-9-21/h3-11,16-17,32H,12-15,18-19H2,1-2H3/b26-17-. The minimum absolute atomic E-state index is 0.151. The molecular weight excluding hydrogens is 440 g/mol. The molecule has 0 saturated carbocycles. The molecule has 0 bridgehead atoms. The van der Waals surface area contributed by atoms with Crippen molar-refractivity contribution < 1.29 is 19.4 Å². The van der Waals surface area contributed by atoms with Crippen LogP contribution in [0.4, 0.5) is 0 Å². The van der Waals surface area contributed by atoms with E-state index in [1.165, 1.54) is 5.56 Å². The van der Waals surface area contributed by atoms with Crippen molar-refractivity contribution in [2.24, 2.45) is 0 Å². The fraction of sp³-hybridized carbons (Fsp3) is 0.276. The molecule has 35 heavy (non-hydrogen) atoms.